The van der Waals surface area contributed by atoms with Crippen molar-refractivity contribution in [2.45, 2.75) is 51.9 Å². The van der Waals surface area contributed by atoms with Gasteiger partial charge in [0.1, 0.15) is 0 Å². The lowest BCUT2D eigenvalue weighted by Gasteiger charge is -2.28. The van der Waals surface area contributed by atoms with E-state index in [-0.39, 0.29) is 18.1 Å². The van der Waals surface area contributed by atoms with Crippen LogP contribution in [0.25, 0.3) is 0 Å². The molecule has 0 aromatic carbocycles. The maximum Gasteiger partial charge on any atom is 0.305 e. The highest BCUT2D eigenvalue weighted by atomic mass is 16.5. The van der Waals surface area contributed by atoms with Gasteiger partial charge in [0, 0.05) is 6.04 Å². The van der Waals surface area contributed by atoms with E-state index >= 15 is 0 Å². The van der Waals surface area contributed by atoms with Crippen molar-refractivity contribution in [3.8, 4) is 0 Å². The highest BCUT2D eigenvalue weighted by molar-refractivity contribution is 5.67. The van der Waals surface area contributed by atoms with E-state index in [1.807, 2.05) is 20.8 Å². The maximum atomic E-state index is 10.3. The molecule has 0 rings (SSSR count). The minimum Gasteiger partial charge on any atom is -0.481 e. The quantitative estimate of drug-likeness (QED) is 0.691. The van der Waals surface area contributed by atoms with Crippen LogP contribution in [-0.2, 0) is 9.53 Å². The first-order chi connectivity index (χ1) is 5.72. The topological polar surface area (TPSA) is 72.5 Å². The van der Waals surface area contributed by atoms with Crippen molar-refractivity contribution in [3.63, 3.8) is 0 Å². The molecular weight excluding hydrogens is 170 g/mol. The van der Waals surface area contributed by atoms with Gasteiger partial charge in [-0.1, -0.05) is 0 Å². The number of carbonyl (C=O) groups is 1. The van der Waals surface area contributed by atoms with Gasteiger partial charge in [0.15, 0.2) is 0 Å². The number of hydrogen-bond acceptors (Lipinski definition) is 3. The van der Waals surface area contributed by atoms with Crippen LogP contribution in [0.1, 0.15) is 34.1 Å². The van der Waals surface area contributed by atoms with Crippen LogP contribution in [0, 0.1) is 0 Å². The minimum absolute atomic E-state index is 0.0583. The summed E-state index contributed by atoms with van der Waals surface area (Å²) in [6.45, 7) is 7.53. The van der Waals surface area contributed by atoms with Crippen molar-refractivity contribution in [1.82, 2.24) is 0 Å². The fourth-order valence-corrected chi connectivity index (χ4v) is 1.01. The van der Waals surface area contributed by atoms with Gasteiger partial charge in [-0.15, -0.1) is 0 Å². The van der Waals surface area contributed by atoms with Gasteiger partial charge in [0.2, 0.25) is 0 Å². The zero-order chi connectivity index (χ0) is 10.6. The van der Waals surface area contributed by atoms with E-state index < -0.39 is 12.0 Å². The highest BCUT2D eigenvalue weighted by Gasteiger charge is 2.22. The number of rotatable bonds is 4. The molecule has 0 amide bonds. The van der Waals surface area contributed by atoms with Gasteiger partial charge in [-0.25, -0.2) is 0 Å². The molecule has 1 unspecified atom stereocenters. The Morgan fingerprint density at radius 3 is 2.31 bits per heavy atom. The molecule has 0 aliphatic carbocycles. The standard InChI is InChI=1S/C9H19NO3/c1-6(13-9(2,3)4)7(10)5-8(11)12/h6-7H,5,10H2,1-4H3,(H,11,12)/t6-,7?/m1/s1. The maximum absolute atomic E-state index is 10.3. The molecular formula is C9H19NO3. The molecule has 0 heterocycles. The Morgan fingerprint density at radius 2 is 2.00 bits per heavy atom. The van der Waals surface area contributed by atoms with Crippen LogP contribution in [0.2, 0.25) is 0 Å². The van der Waals surface area contributed by atoms with Crippen molar-refractivity contribution < 1.29 is 14.6 Å². The highest BCUT2D eigenvalue weighted by Crippen LogP contribution is 2.13. The van der Waals surface area contributed by atoms with Gasteiger partial charge >= 0.3 is 5.97 Å². The number of aliphatic carboxylic acids is 1. The second kappa shape index (κ2) is 4.58. The molecule has 4 heteroatoms. The van der Waals surface area contributed by atoms with Crippen LogP contribution >= 0.6 is 0 Å². The van der Waals surface area contributed by atoms with Crippen molar-refractivity contribution in [2.24, 2.45) is 5.73 Å². The number of nitrogens with two attached hydrogens (primary N) is 1. The second-order valence-corrected chi connectivity index (χ2v) is 4.20. The summed E-state index contributed by atoms with van der Waals surface area (Å²) in [4.78, 5) is 10.3. The van der Waals surface area contributed by atoms with Crippen molar-refractivity contribution >= 4 is 5.97 Å². The monoisotopic (exact) mass is 189 g/mol. The predicted octanol–water partition coefficient (Wildman–Crippen LogP) is 0.992. The summed E-state index contributed by atoms with van der Waals surface area (Å²) < 4.78 is 5.51. The summed E-state index contributed by atoms with van der Waals surface area (Å²) in [5, 5.41) is 8.50. The Kier molecular flexibility index (Phi) is 4.36. The Hall–Kier alpha value is -0.610. The van der Waals surface area contributed by atoms with Crippen molar-refractivity contribution in [2.75, 3.05) is 0 Å². The van der Waals surface area contributed by atoms with Gasteiger partial charge < -0.3 is 15.6 Å². The molecule has 0 bridgehead atoms. The summed E-state index contributed by atoms with van der Waals surface area (Å²) in [5.74, 6) is -0.892. The lowest BCUT2D eigenvalue weighted by Crippen LogP contribution is -2.40. The summed E-state index contributed by atoms with van der Waals surface area (Å²) in [6.07, 6.45) is -0.298. The van der Waals surface area contributed by atoms with Gasteiger partial charge in [-0.2, -0.15) is 0 Å². The normalized spacial score (nSPS) is 16.7. The smallest absolute Gasteiger partial charge is 0.305 e. The second-order valence-electron chi connectivity index (χ2n) is 4.20. The third-order valence-corrected chi connectivity index (χ3v) is 1.55. The first kappa shape index (κ1) is 12.4. The first-order valence-electron chi connectivity index (χ1n) is 4.37. The van der Waals surface area contributed by atoms with Gasteiger partial charge in [0.25, 0.3) is 0 Å². The molecule has 0 radical (unpaired) electrons. The zero-order valence-electron chi connectivity index (χ0n) is 8.70. The number of carboxylic acid groups (broad SMARTS) is 1. The molecule has 0 aromatic heterocycles. The average molecular weight is 189 g/mol. The average Bonchev–Trinajstić information content (AvgIpc) is 1.81. The van der Waals surface area contributed by atoms with Gasteiger partial charge in [-0.3, -0.25) is 4.79 Å². The molecule has 3 N–H and O–H groups in total. The molecule has 0 saturated carbocycles. The molecule has 0 spiro atoms. The molecule has 0 aromatic rings. The van der Waals surface area contributed by atoms with E-state index in [4.69, 9.17) is 15.6 Å². The van der Waals surface area contributed by atoms with E-state index in [9.17, 15) is 4.79 Å². The van der Waals surface area contributed by atoms with E-state index in [0.717, 1.165) is 0 Å². The Labute approximate surface area is 79.1 Å². The largest absolute Gasteiger partial charge is 0.481 e. The molecule has 0 aliphatic rings. The predicted molar refractivity (Wildman–Crippen MR) is 50.5 cm³/mol. The summed E-state index contributed by atoms with van der Waals surface area (Å²) in [6, 6.07) is -0.447. The Balaban J connectivity index is 3.96. The van der Waals surface area contributed by atoms with Crippen LogP contribution in [0.4, 0.5) is 0 Å². The van der Waals surface area contributed by atoms with Crippen LogP contribution in [-0.4, -0.2) is 28.8 Å². The fraction of sp³-hybridized carbons (Fsp3) is 0.889. The summed E-state index contributed by atoms with van der Waals surface area (Å²) >= 11 is 0. The third-order valence-electron chi connectivity index (χ3n) is 1.55. The van der Waals surface area contributed by atoms with Crippen molar-refractivity contribution in [3.05, 3.63) is 0 Å². The molecule has 13 heavy (non-hydrogen) atoms. The molecule has 2 atom stereocenters. The van der Waals surface area contributed by atoms with Crippen molar-refractivity contribution in [1.29, 1.82) is 0 Å². The van der Waals surface area contributed by atoms with Crippen LogP contribution in [0.3, 0.4) is 0 Å². The molecule has 0 saturated heterocycles. The Morgan fingerprint density at radius 1 is 1.54 bits per heavy atom. The zero-order valence-corrected chi connectivity index (χ0v) is 8.70. The van der Waals surface area contributed by atoms with Crippen LogP contribution in [0.15, 0.2) is 0 Å². The van der Waals surface area contributed by atoms with Gasteiger partial charge in [-0.05, 0) is 27.7 Å². The molecule has 78 valence electrons. The molecule has 4 nitrogen and oxygen atoms in total. The lowest BCUT2D eigenvalue weighted by atomic mass is 10.1. The minimum atomic E-state index is -0.892. The van der Waals surface area contributed by atoms with E-state index in [0.29, 0.717) is 0 Å². The SMILES string of the molecule is C[C@@H](OC(C)(C)C)C(N)CC(=O)O. The molecule has 0 fully saturated rings. The summed E-state index contributed by atoms with van der Waals surface area (Å²) in [7, 11) is 0. The first-order valence-corrected chi connectivity index (χ1v) is 4.37. The number of carboxylic acids is 1. The van der Waals surface area contributed by atoms with E-state index in [1.54, 1.807) is 6.92 Å². The van der Waals surface area contributed by atoms with E-state index in [1.165, 1.54) is 0 Å². The lowest BCUT2D eigenvalue weighted by molar-refractivity contribution is -0.139. The molecule has 0 aliphatic heterocycles. The number of hydrogen-bond donors (Lipinski definition) is 2. The number of ether oxygens (including phenoxy) is 1. The van der Waals surface area contributed by atoms with Crippen LogP contribution < -0.4 is 5.73 Å². The third kappa shape index (κ3) is 6.54. The van der Waals surface area contributed by atoms with Gasteiger partial charge in [0.05, 0.1) is 18.1 Å². The fourth-order valence-electron chi connectivity index (χ4n) is 1.01. The Bertz CT molecular complexity index is 174. The summed E-state index contributed by atoms with van der Waals surface area (Å²) in [5.41, 5.74) is 5.34. The van der Waals surface area contributed by atoms with Crippen LogP contribution in [0.5, 0.6) is 0 Å². The van der Waals surface area contributed by atoms with E-state index in [2.05, 4.69) is 0 Å².